The van der Waals surface area contributed by atoms with Gasteiger partial charge in [0, 0.05) is 16.5 Å². The first-order chi connectivity index (χ1) is 13.8. The van der Waals surface area contributed by atoms with Crippen LogP contribution in [0.4, 0.5) is 9.52 Å². The maximum Gasteiger partial charge on any atom is 0.250 e. The van der Waals surface area contributed by atoms with Crippen molar-refractivity contribution in [3.63, 3.8) is 0 Å². The fraction of sp³-hybridized carbons (Fsp3) is 0.100. The monoisotopic (exact) mass is 431 g/mol. The molecule has 0 aliphatic heterocycles. The lowest BCUT2D eigenvalue weighted by Crippen LogP contribution is -2.18. The molecule has 0 bridgehead atoms. The standard InChI is InChI=1S/C20H18FN3O3S2/c1-13-19(15-6-8-16(21)9-7-15)24-20(28-13)23-18(25)12-5-14-3-10-17(11-4-14)29(26,27)22-2/h3-12,22H,1-2H3,(H,23,24,25). The van der Waals surface area contributed by atoms with Crippen LogP contribution in [0.1, 0.15) is 10.4 Å². The number of hydrogen-bond donors (Lipinski definition) is 2. The minimum absolute atomic E-state index is 0.146. The molecule has 0 atom stereocenters. The Bertz CT molecular complexity index is 1150. The molecule has 150 valence electrons. The summed E-state index contributed by atoms with van der Waals surface area (Å²) in [6.07, 6.45) is 2.92. The number of aromatic nitrogens is 1. The van der Waals surface area contributed by atoms with E-state index in [-0.39, 0.29) is 16.6 Å². The summed E-state index contributed by atoms with van der Waals surface area (Å²) in [5.41, 5.74) is 2.14. The molecule has 0 spiro atoms. The van der Waals surface area contributed by atoms with Gasteiger partial charge in [-0.25, -0.2) is 22.5 Å². The smallest absolute Gasteiger partial charge is 0.250 e. The van der Waals surface area contributed by atoms with Crippen molar-refractivity contribution < 1.29 is 17.6 Å². The molecule has 9 heteroatoms. The summed E-state index contributed by atoms with van der Waals surface area (Å²) in [6.45, 7) is 1.88. The highest BCUT2D eigenvalue weighted by atomic mass is 32.2. The third kappa shape index (κ3) is 5.14. The van der Waals surface area contributed by atoms with Gasteiger partial charge >= 0.3 is 0 Å². The van der Waals surface area contributed by atoms with E-state index in [1.165, 1.54) is 48.7 Å². The maximum atomic E-state index is 13.1. The molecule has 1 heterocycles. The van der Waals surface area contributed by atoms with Crippen LogP contribution in [-0.2, 0) is 14.8 Å². The minimum atomic E-state index is -3.50. The number of aryl methyl sites for hydroxylation is 1. The Hall–Kier alpha value is -2.88. The summed E-state index contributed by atoms with van der Waals surface area (Å²) in [6, 6.07) is 12.1. The number of rotatable bonds is 6. The van der Waals surface area contributed by atoms with Crippen molar-refractivity contribution in [3.8, 4) is 11.3 Å². The van der Waals surface area contributed by atoms with Crippen molar-refractivity contribution in [1.29, 1.82) is 0 Å². The molecule has 6 nitrogen and oxygen atoms in total. The molecule has 3 rings (SSSR count). The van der Waals surface area contributed by atoms with E-state index >= 15 is 0 Å². The van der Waals surface area contributed by atoms with Gasteiger partial charge in [0.2, 0.25) is 15.9 Å². The number of carbonyl (C=O) groups is 1. The number of amides is 1. The van der Waals surface area contributed by atoms with Crippen LogP contribution in [0.3, 0.4) is 0 Å². The zero-order valence-corrected chi connectivity index (χ0v) is 17.3. The summed E-state index contributed by atoms with van der Waals surface area (Å²) in [5, 5.41) is 3.14. The Balaban J connectivity index is 1.68. The number of hydrogen-bond acceptors (Lipinski definition) is 5. The second-order valence-electron chi connectivity index (χ2n) is 6.03. The van der Waals surface area contributed by atoms with E-state index in [0.717, 1.165) is 10.4 Å². The first-order valence-corrected chi connectivity index (χ1v) is 10.8. The molecule has 0 fully saturated rings. The molecule has 0 saturated carbocycles. The highest BCUT2D eigenvalue weighted by Gasteiger charge is 2.12. The summed E-state index contributed by atoms with van der Waals surface area (Å²) in [7, 11) is -2.15. The molecule has 3 aromatic rings. The van der Waals surface area contributed by atoms with E-state index in [4.69, 9.17) is 0 Å². The predicted molar refractivity (Wildman–Crippen MR) is 113 cm³/mol. The number of sulfonamides is 1. The van der Waals surface area contributed by atoms with Gasteiger partial charge in [-0.15, -0.1) is 11.3 Å². The van der Waals surface area contributed by atoms with Crippen LogP contribution in [-0.4, -0.2) is 26.4 Å². The summed E-state index contributed by atoms with van der Waals surface area (Å²) >= 11 is 1.33. The molecule has 1 amide bonds. The molecule has 1 aromatic heterocycles. The van der Waals surface area contributed by atoms with Crippen LogP contribution in [0.2, 0.25) is 0 Å². The van der Waals surface area contributed by atoms with Crippen molar-refractivity contribution in [2.45, 2.75) is 11.8 Å². The van der Waals surface area contributed by atoms with Gasteiger partial charge in [0.25, 0.3) is 0 Å². The molecular formula is C20H18FN3O3S2. The van der Waals surface area contributed by atoms with Gasteiger partial charge in [-0.1, -0.05) is 12.1 Å². The number of halogens is 1. The van der Waals surface area contributed by atoms with E-state index in [2.05, 4.69) is 15.0 Å². The number of anilines is 1. The number of benzene rings is 2. The highest BCUT2D eigenvalue weighted by Crippen LogP contribution is 2.30. The van der Waals surface area contributed by atoms with Gasteiger partial charge < -0.3 is 0 Å². The van der Waals surface area contributed by atoms with Gasteiger partial charge in [0.05, 0.1) is 10.6 Å². The second-order valence-corrected chi connectivity index (χ2v) is 9.12. The zero-order chi connectivity index (χ0) is 21.0. The average Bonchev–Trinajstić information content (AvgIpc) is 3.07. The van der Waals surface area contributed by atoms with Crippen LogP contribution in [0.25, 0.3) is 17.3 Å². The van der Waals surface area contributed by atoms with E-state index in [0.29, 0.717) is 16.4 Å². The van der Waals surface area contributed by atoms with Gasteiger partial charge in [-0.3, -0.25) is 10.1 Å². The van der Waals surface area contributed by atoms with E-state index in [1.807, 2.05) is 6.92 Å². The normalized spacial score (nSPS) is 11.7. The van der Waals surface area contributed by atoms with E-state index < -0.39 is 10.0 Å². The number of nitrogens with zero attached hydrogens (tertiary/aromatic N) is 1. The average molecular weight is 432 g/mol. The minimum Gasteiger partial charge on any atom is -0.298 e. The Kier molecular flexibility index (Phi) is 6.21. The fourth-order valence-electron chi connectivity index (χ4n) is 2.52. The Morgan fingerprint density at radius 1 is 1.10 bits per heavy atom. The second kappa shape index (κ2) is 8.64. The highest BCUT2D eigenvalue weighted by molar-refractivity contribution is 7.89. The fourth-order valence-corrected chi connectivity index (χ4v) is 4.09. The molecule has 0 saturated heterocycles. The van der Waals surface area contributed by atoms with Gasteiger partial charge in [-0.2, -0.15) is 0 Å². The van der Waals surface area contributed by atoms with Crippen molar-refractivity contribution in [1.82, 2.24) is 9.71 Å². The zero-order valence-electron chi connectivity index (χ0n) is 15.6. The topological polar surface area (TPSA) is 88.2 Å². The Morgan fingerprint density at radius 2 is 1.76 bits per heavy atom. The van der Waals surface area contributed by atoms with E-state index in [9.17, 15) is 17.6 Å². The van der Waals surface area contributed by atoms with Crippen LogP contribution in [0.15, 0.2) is 59.5 Å². The molecular weight excluding hydrogens is 413 g/mol. The predicted octanol–water partition coefficient (Wildman–Crippen LogP) is 3.82. The van der Waals surface area contributed by atoms with Gasteiger partial charge in [0.15, 0.2) is 5.13 Å². The molecule has 0 radical (unpaired) electrons. The Morgan fingerprint density at radius 3 is 2.38 bits per heavy atom. The van der Waals surface area contributed by atoms with Crippen LogP contribution in [0, 0.1) is 12.7 Å². The van der Waals surface area contributed by atoms with Crippen LogP contribution < -0.4 is 10.0 Å². The van der Waals surface area contributed by atoms with Crippen molar-refractivity contribution in [2.75, 3.05) is 12.4 Å². The number of carbonyl (C=O) groups excluding carboxylic acids is 1. The van der Waals surface area contributed by atoms with E-state index in [1.54, 1.807) is 30.3 Å². The largest absolute Gasteiger partial charge is 0.298 e. The molecule has 2 aromatic carbocycles. The number of thiazole rings is 1. The summed E-state index contributed by atoms with van der Waals surface area (Å²) < 4.78 is 38.8. The van der Waals surface area contributed by atoms with Crippen molar-refractivity contribution in [3.05, 3.63) is 70.9 Å². The third-order valence-corrected chi connectivity index (χ3v) is 6.35. The first kappa shape index (κ1) is 20.8. The van der Waals surface area contributed by atoms with Gasteiger partial charge in [-0.05, 0) is 62.0 Å². The maximum absolute atomic E-state index is 13.1. The molecule has 29 heavy (non-hydrogen) atoms. The lowest BCUT2D eigenvalue weighted by Gasteiger charge is -2.02. The number of nitrogens with one attached hydrogen (secondary N) is 2. The Labute approximate surface area is 172 Å². The molecule has 2 N–H and O–H groups in total. The van der Waals surface area contributed by atoms with Crippen LogP contribution in [0.5, 0.6) is 0 Å². The summed E-state index contributed by atoms with van der Waals surface area (Å²) in [5.74, 6) is -0.687. The van der Waals surface area contributed by atoms with Gasteiger partial charge in [0.1, 0.15) is 5.82 Å². The third-order valence-electron chi connectivity index (χ3n) is 4.03. The molecule has 0 aliphatic rings. The van der Waals surface area contributed by atoms with Crippen molar-refractivity contribution >= 4 is 38.5 Å². The summed E-state index contributed by atoms with van der Waals surface area (Å²) in [4.78, 5) is 17.6. The lowest BCUT2D eigenvalue weighted by atomic mass is 10.1. The molecule has 0 unspecified atom stereocenters. The molecule has 0 aliphatic carbocycles. The lowest BCUT2D eigenvalue weighted by molar-refractivity contribution is -0.111. The quantitative estimate of drug-likeness (QED) is 0.581. The van der Waals surface area contributed by atoms with Crippen LogP contribution >= 0.6 is 11.3 Å². The van der Waals surface area contributed by atoms with Crippen molar-refractivity contribution in [2.24, 2.45) is 0 Å². The SMILES string of the molecule is CNS(=O)(=O)c1ccc(C=CC(=O)Nc2nc(-c3ccc(F)cc3)c(C)s2)cc1. The first-order valence-electron chi connectivity index (χ1n) is 8.54.